The van der Waals surface area contributed by atoms with E-state index in [0.717, 1.165) is 31.1 Å². The monoisotopic (exact) mass is 324 g/mol. The van der Waals surface area contributed by atoms with Crippen molar-refractivity contribution >= 4 is 23.6 Å². The maximum Gasteiger partial charge on any atom is 0.273 e. The molecule has 3 heterocycles. The number of amides is 2. The number of nitrogens with zero attached hydrogens (tertiary/aromatic N) is 2. The molecular formula is C14H20N4O3S. The zero-order valence-corrected chi connectivity index (χ0v) is 13.3. The van der Waals surface area contributed by atoms with Gasteiger partial charge in [0.05, 0.1) is 11.9 Å². The van der Waals surface area contributed by atoms with E-state index in [4.69, 9.17) is 4.52 Å². The van der Waals surface area contributed by atoms with Gasteiger partial charge in [-0.05, 0) is 19.3 Å². The number of aryl methyl sites for hydroxylation is 1. The molecule has 0 unspecified atom stereocenters. The Labute approximate surface area is 133 Å². The molecule has 1 aromatic rings. The van der Waals surface area contributed by atoms with Gasteiger partial charge in [-0.1, -0.05) is 5.16 Å². The largest absolute Gasteiger partial charge is 0.361 e. The summed E-state index contributed by atoms with van der Waals surface area (Å²) in [5, 5.41) is 9.81. The van der Waals surface area contributed by atoms with Crippen molar-refractivity contribution in [3.63, 3.8) is 0 Å². The molecular weight excluding hydrogens is 304 g/mol. The van der Waals surface area contributed by atoms with Crippen molar-refractivity contribution < 1.29 is 14.1 Å². The topological polar surface area (TPSA) is 87.5 Å². The van der Waals surface area contributed by atoms with Crippen LogP contribution in [0.5, 0.6) is 0 Å². The van der Waals surface area contributed by atoms with Crippen molar-refractivity contribution in [2.24, 2.45) is 5.92 Å². The van der Waals surface area contributed by atoms with E-state index in [1.54, 1.807) is 24.8 Å². The number of carbonyl (C=O) groups excluding carboxylic acids is 2. The van der Waals surface area contributed by atoms with Crippen LogP contribution in [-0.2, 0) is 4.79 Å². The SMILES string of the molecule is Cc1cc(C(=O)NC[C@@H]2CN[C@H](C(=O)N3CCSC3)C2)no1. The standard InChI is InChI=1S/C14H20N4O3S/c1-9-4-11(17-21-9)13(19)16-7-10-5-12(15-6-10)14(20)18-2-3-22-8-18/h4,10,12,15H,2-3,5-8H2,1H3,(H,16,19)/t10-,12-/m0/s1. The first-order valence-corrected chi connectivity index (χ1v) is 8.60. The highest BCUT2D eigenvalue weighted by Crippen LogP contribution is 2.20. The van der Waals surface area contributed by atoms with Gasteiger partial charge in [0.15, 0.2) is 5.69 Å². The molecule has 0 bridgehead atoms. The van der Waals surface area contributed by atoms with E-state index in [-0.39, 0.29) is 23.8 Å². The van der Waals surface area contributed by atoms with Gasteiger partial charge in [0.1, 0.15) is 5.76 Å². The van der Waals surface area contributed by atoms with E-state index in [1.165, 1.54) is 0 Å². The van der Waals surface area contributed by atoms with Crippen molar-refractivity contribution in [1.29, 1.82) is 0 Å². The molecule has 3 rings (SSSR count). The van der Waals surface area contributed by atoms with Gasteiger partial charge in [-0.25, -0.2) is 0 Å². The molecule has 8 heteroatoms. The molecule has 0 spiro atoms. The van der Waals surface area contributed by atoms with E-state index < -0.39 is 0 Å². The summed E-state index contributed by atoms with van der Waals surface area (Å²) in [6.07, 6.45) is 0.762. The van der Waals surface area contributed by atoms with Gasteiger partial charge in [-0.15, -0.1) is 11.8 Å². The van der Waals surface area contributed by atoms with Crippen LogP contribution in [0.15, 0.2) is 10.6 Å². The van der Waals surface area contributed by atoms with Gasteiger partial charge in [0.25, 0.3) is 5.91 Å². The van der Waals surface area contributed by atoms with Crippen LogP contribution in [0.2, 0.25) is 0 Å². The lowest BCUT2D eigenvalue weighted by Gasteiger charge is -2.19. The molecule has 2 fully saturated rings. The Balaban J connectivity index is 1.45. The fourth-order valence-corrected chi connectivity index (χ4v) is 3.72. The zero-order chi connectivity index (χ0) is 15.5. The minimum absolute atomic E-state index is 0.116. The molecule has 7 nitrogen and oxygen atoms in total. The third kappa shape index (κ3) is 3.44. The molecule has 2 aliphatic rings. The molecule has 0 aliphatic carbocycles. The Morgan fingerprint density at radius 1 is 1.59 bits per heavy atom. The summed E-state index contributed by atoms with van der Waals surface area (Å²) in [6.45, 7) is 3.87. The number of hydrogen-bond donors (Lipinski definition) is 2. The van der Waals surface area contributed by atoms with E-state index in [0.29, 0.717) is 18.0 Å². The zero-order valence-electron chi connectivity index (χ0n) is 12.5. The molecule has 0 radical (unpaired) electrons. The lowest BCUT2D eigenvalue weighted by Crippen LogP contribution is -2.42. The molecule has 120 valence electrons. The average Bonchev–Trinajstić information content (AvgIpc) is 3.25. The normalized spacial score (nSPS) is 24.7. The molecule has 0 saturated carbocycles. The fraction of sp³-hybridized carbons (Fsp3) is 0.643. The van der Waals surface area contributed by atoms with E-state index in [1.807, 2.05) is 4.90 Å². The van der Waals surface area contributed by atoms with Gasteiger partial charge in [-0.3, -0.25) is 9.59 Å². The molecule has 2 saturated heterocycles. The van der Waals surface area contributed by atoms with Crippen LogP contribution in [0.3, 0.4) is 0 Å². The van der Waals surface area contributed by atoms with Gasteiger partial charge < -0.3 is 20.1 Å². The van der Waals surface area contributed by atoms with Crippen LogP contribution < -0.4 is 10.6 Å². The number of hydrogen-bond acceptors (Lipinski definition) is 6. The second-order valence-electron chi connectivity index (χ2n) is 5.73. The molecule has 2 N–H and O–H groups in total. The number of nitrogens with one attached hydrogen (secondary N) is 2. The van der Waals surface area contributed by atoms with E-state index in [9.17, 15) is 9.59 Å². The summed E-state index contributed by atoms with van der Waals surface area (Å²) >= 11 is 1.79. The predicted octanol–water partition coefficient (Wildman–Crippen LogP) is 0.224. The Hall–Kier alpha value is -1.54. The molecule has 0 aromatic carbocycles. The van der Waals surface area contributed by atoms with Crippen LogP contribution >= 0.6 is 11.8 Å². The minimum atomic E-state index is -0.234. The number of thioether (sulfide) groups is 1. The Bertz CT molecular complexity index is 556. The second kappa shape index (κ2) is 6.70. The van der Waals surface area contributed by atoms with Crippen molar-refractivity contribution in [2.45, 2.75) is 19.4 Å². The molecule has 22 heavy (non-hydrogen) atoms. The van der Waals surface area contributed by atoms with Crippen LogP contribution in [0.1, 0.15) is 22.7 Å². The third-order valence-electron chi connectivity index (χ3n) is 4.00. The second-order valence-corrected chi connectivity index (χ2v) is 6.81. The fourth-order valence-electron chi connectivity index (χ4n) is 2.76. The van der Waals surface area contributed by atoms with Crippen LogP contribution in [0.4, 0.5) is 0 Å². The van der Waals surface area contributed by atoms with Gasteiger partial charge in [-0.2, -0.15) is 0 Å². The van der Waals surface area contributed by atoms with Gasteiger partial charge in [0, 0.05) is 31.5 Å². The van der Waals surface area contributed by atoms with Crippen LogP contribution in [0.25, 0.3) is 0 Å². The molecule has 1 aromatic heterocycles. The van der Waals surface area contributed by atoms with Crippen molar-refractivity contribution in [3.8, 4) is 0 Å². The maximum absolute atomic E-state index is 12.3. The minimum Gasteiger partial charge on any atom is -0.361 e. The Morgan fingerprint density at radius 2 is 2.45 bits per heavy atom. The first kappa shape index (κ1) is 15.4. The number of carbonyl (C=O) groups is 2. The van der Waals surface area contributed by atoms with E-state index >= 15 is 0 Å². The van der Waals surface area contributed by atoms with Crippen molar-refractivity contribution in [2.75, 3.05) is 31.3 Å². The van der Waals surface area contributed by atoms with Crippen molar-refractivity contribution in [1.82, 2.24) is 20.7 Å². The van der Waals surface area contributed by atoms with Crippen molar-refractivity contribution in [3.05, 3.63) is 17.5 Å². The number of aromatic nitrogens is 1. The summed E-state index contributed by atoms with van der Waals surface area (Å²) in [5.74, 6) is 2.65. The highest BCUT2D eigenvalue weighted by molar-refractivity contribution is 7.99. The average molecular weight is 324 g/mol. The Morgan fingerprint density at radius 3 is 3.14 bits per heavy atom. The van der Waals surface area contributed by atoms with Gasteiger partial charge >= 0.3 is 0 Å². The Kier molecular flexibility index (Phi) is 4.68. The first-order chi connectivity index (χ1) is 10.6. The first-order valence-electron chi connectivity index (χ1n) is 7.45. The van der Waals surface area contributed by atoms with E-state index in [2.05, 4.69) is 15.8 Å². The summed E-state index contributed by atoms with van der Waals surface area (Å²) in [4.78, 5) is 26.1. The summed E-state index contributed by atoms with van der Waals surface area (Å²) in [6, 6.07) is 1.49. The lowest BCUT2D eigenvalue weighted by molar-refractivity contribution is -0.131. The quantitative estimate of drug-likeness (QED) is 0.824. The maximum atomic E-state index is 12.3. The lowest BCUT2D eigenvalue weighted by atomic mass is 10.0. The molecule has 2 atom stereocenters. The highest BCUT2D eigenvalue weighted by Gasteiger charge is 2.33. The molecule has 2 aliphatic heterocycles. The summed E-state index contributed by atoms with van der Waals surface area (Å²) < 4.78 is 4.89. The smallest absolute Gasteiger partial charge is 0.273 e. The summed E-state index contributed by atoms with van der Waals surface area (Å²) in [5.41, 5.74) is 0.296. The highest BCUT2D eigenvalue weighted by atomic mass is 32.2. The molecule has 2 amide bonds. The summed E-state index contributed by atoms with van der Waals surface area (Å²) in [7, 11) is 0. The predicted molar refractivity (Wildman–Crippen MR) is 82.5 cm³/mol. The third-order valence-corrected chi connectivity index (χ3v) is 4.96. The van der Waals surface area contributed by atoms with Gasteiger partial charge in [0.2, 0.25) is 5.91 Å². The van der Waals surface area contributed by atoms with Crippen LogP contribution in [0, 0.1) is 12.8 Å². The number of rotatable bonds is 4. The van der Waals surface area contributed by atoms with Crippen LogP contribution in [-0.4, -0.2) is 59.2 Å².